The highest BCUT2D eigenvalue weighted by atomic mass is 19.1. The highest BCUT2D eigenvalue weighted by Crippen LogP contribution is 2.27. The minimum absolute atomic E-state index is 0.131. The van der Waals surface area contributed by atoms with Crippen LogP contribution in [0.25, 0.3) is 0 Å². The van der Waals surface area contributed by atoms with Crippen LogP contribution >= 0.6 is 0 Å². The lowest BCUT2D eigenvalue weighted by Crippen LogP contribution is -2.33. The number of rotatable bonds is 5. The van der Waals surface area contributed by atoms with E-state index in [1.54, 1.807) is 6.07 Å². The largest absolute Gasteiger partial charge is 0.392 e. The molecule has 3 N–H and O–H groups in total. The van der Waals surface area contributed by atoms with E-state index < -0.39 is 6.10 Å². The molecule has 0 aliphatic rings. The standard InChI is InChI=1S/C14H22FNO/c1-9(2)10(3)14(17)13(8-16)11-5-4-6-12(15)7-11/h4-7,9-10,13-14,17H,8,16H2,1-3H3. The Kier molecular flexibility index (Phi) is 5.09. The van der Waals surface area contributed by atoms with Crippen molar-refractivity contribution in [2.24, 2.45) is 17.6 Å². The Balaban J connectivity index is 2.91. The van der Waals surface area contributed by atoms with E-state index >= 15 is 0 Å². The number of hydrogen-bond acceptors (Lipinski definition) is 2. The molecule has 0 spiro atoms. The van der Waals surface area contributed by atoms with E-state index in [-0.39, 0.29) is 17.7 Å². The lowest BCUT2D eigenvalue weighted by molar-refractivity contribution is 0.0683. The maximum Gasteiger partial charge on any atom is 0.123 e. The number of hydrogen-bond donors (Lipinski definition) is 2. The normalized spacial score (nSPS) is 16.9. The van der Waals surface area contributed by atoms with Crippen molar-refractivity contribution < 1.29 is 9.50 Å². The molecule has 17 heavy (non-hydrogen) atoms. The van der Waals surface area contributed by atoms with Crippen LogP contribution in [0.3, 0.4) is 0 Å². The summed E-state index contributed by atoms with van der Waals surface area (Å²) in [6, 6.07) is 6.32. The molecule has 0 fully saturated rings. The minimum atomic E-state index is -0.540. The summed E-state index contributed by atoms with van der Waals surface area (Å²) in [4.78, 5) is 0. The molecule has 3 unspecified atom stereocenters. The Morgan fingerprint density at radius 1 is 1.29 bits per heavy atom. The topological polar surface area (TPSA) is 46.2 Å². The summed E-state index contributed by atoms with van der Waals surface area (Å²) in [5, 5.41) is 10.3. The predicted octanol–water partition coefficient (Wildman–Crippen LogP) is 2.52. The van der Waals surface area contributed by atoms with E-state index in [1.807, 2.05) is 13.0 Å². The highest BCUT2D eigenvalue weighted by Gasteiger charge is 2.27. The monoisotopic (exact) mass is 239 g/mol. The Labute approximate surface area is 103 Å². The van der Waals surface area contributed by atoms with Crippen LogP contribution in [0.15, 0.2) is 24.3 Å². The maximum absolute atomic E-state index is 13.2. The van der Waals surface area contributed by atoms with Crippen molar-refractivity contribution in [1.29, 1.82) is 0 Å². The summed E-state index contributed by atoms with van der Waals surface area (Å²) in [5.74, 6) is 0.00729. The van der Waals surface area contributed by atoms with Crippen LogP contribution in [0.2, 0.25) is 0 Å². The van der Waals surface area contributed by atoms with Gasteiger partial charge in [0.25, 0.3) is 0 Å². The lowest BCUT2D eigenvalue weighted by Gasteiger charge is -2.29. The zero-order valence-electron chi connectivity index (χ0n) is 10.7. The van der Waals surface area contributed by atoms with E-state index in [2.05, 4.69) is 13.8 Å². The van der Waals surface area contributed by atoms with Crippen molar-refractivity contribution in [3.8, 4) is 0 Å². The second-order valence-corrected chi connectivity index (χ2v) is 4.99. The molecule has 0 saturated carbocycles. The van der Waals surface area contributed by atoms with Crippen molar-refractivity contribution in [3.05, 3.63) is 35.6 Å². The average molecular weight is 239 g/mol. The fourth-order valence-corrected chi connectivity index (χ4v) is 1.97. The van der Waals surface area contributed by atoms with Crippen LogP contribution in [0.4, 0.5) is 4.39 Å². The molecule has 96 valence electrons. The molecule has 0 aromatic heterocycles. The smallest absolute Gasteiger partial charge is 0.123 e. The first-order valence-electron chi connectivity index (χ1n) is 6.11. The summed E-state index contributed by atoms with van der Waals surface area (Å²) in [7, 11) is 0. The minimum Gasteiger partial charge on any atom is -0.392 e. The SMILES string of the molecule is CC(C)C(C)C(O)C(CN)c1cccc(F)c1. The third kappa shape index (κ3) is 3.51. The fourth-order valence-electron chi connectivity index (χ4n) is 1.97. The van der Waals surface area contributed by atoms with Crippen molar-refractivity contribution in [2.75, 3.05) is 6.54 Å². The van der Waals surface area contributed by atoms with Gasteiger partial charge in [-0.2, -0.15) is 0 Å². The molecule has 3 heteroatoms. The number of aliphatic hydroxyl groups excluding tert-OH is 1. The first-order valence-corrected chi connectivity index (χ1v) is 6.11. The van der Waals surface area contributed by atoms with E-state index in [9.17, 15) is 9.50 Å². The molecule has 1 aromatic rings. The van der Waals surface area contributed by atoms with Gasteiger partial charge in [0.15, 0.2) is 0 Å². The molecule has 0 radical (unpaired) electrons. The van der Waals surface area contributed by atoms with E-state index in [0.717, 1.165) is 5.56 Å². The summed E-state index contributed by atoms with van der Waals surface area (Å²) >= 11 is 0. The molecule has 0 aliphatic carbocycles. The van der Waals surface area contributed by atoms with Gasteiger partial charge < -0.3 is 10.8 Å². The van der Waals surface area contributed by atoms with Gasteiger partial charge in [-0.05, 0) is 29.5 Å². The first-order chi connectivity index (χ1) is 7.97. The molecule has 0 saturated heterocycles. The van der Waals surface area contributed by atoms with Crippen molar-refractivity contribution >= 4 is 0 Å². The van der Waals surface area contributed by atoms with Crippen LogP contribution in [0.5, 0.6) is 0 Å². The summed E-state index contributed by atoms with van der Waals surface area (Å²) < 4.78 is 13.2. The average Bonchev–Trinajstić information content (AvgIpc) is 2.28. The van der Waals surface area contributed by atoms with Gasteiger partial charge >= 0.3 is 0 Å². The van der Waals surface area contributed by atoms with Gasteiger partial charge in [0, 0.05) is 12.5 Å². The molecule has 3 atom stereocenters. The molecular weight excluding hydrogens is 217 g/mol. The molecule has 0 amide bonds. The second-order valence-electron chi connectivity index (χ2n) is 4.99. The van der Waals surface area contributed by atoms with Gasteiger partial charge in [-0.3, -0.25) is 0 Å². The van der Waals surface area contributed by atoms with E-state index in [1.165, 1.54) is 12.1 Å². The molecule has 0 heterocycles. The van der Waals surface area contributed by atoms with Gasteiger partial charge in [0.2, 0.25) is 0 Å². The fraction of sp³-hybridized carbons (Fsp3) is 0.571. The zero-order chi connectivity index (χ0) is 13.0. The quantitative estimate of drug-likeness (QED) is 0.829. The Hall–Kier alpha value is -0.930. The summed E-state index contributed by atoms with van der Waals surface area (Å²) in [6.45, 7) is 6.44. The third-order valence-corrected chi connectivity index (χ3v) is 3.53. The van der Waals surface area contributed by atoms with Gasteiger partial charge in [-0.1, -0.05) is 32.9 Å². The van der Waals surface area contributed by atoms with E-state index in [0.29, 0.717) is 12.5 Å². The summed E-state index contributed by atoms with van der Waals surface area (Å²) in [6.07, 6.45) is -0.540. The van der Waals surface area contributed by atoms with Gasteiger partial charge in [0.1, 0.15) is 5.82 Å². The van der Waals surface area contributed by atoms with Crippen LogP contribution in [0, 0.1) is 17.7 Å². The molecular formula is C14H22FNO. The maximum atomic E-state index is 13.2. The van der Waals surface area contributed by atoms with Crippen LogP contribution in [-0.4, -0.2) is 17.8 Å². The molecule has 1 rings (SSSR count). The van der Waals surface area contributed by atoms with Crippen LogP contribution < -0.4 is 5.73 Å². The summed E-state index contributed by atoms with van der Waals surface area (Å²) in [5.41, 5.74) is 6.48. The van der Waals surface area contributed by atoms with Crippen molar-refractivity contribution in [1.82, 2.24) is 0 Å². The van der Waals surface area contributed by atoms with Crippen LogP contribution in [-0.2, 0) is 0 Å². The Morgan fingerprint density at radius 2 is 1.94 bits per heavy atom. The molecule has 0 bridgehead atoms. The number of aliphatic hydroxyl groups is 1. The first kappa shape index (κ1) is 14.1. The molecule has 1 aromatic carbocycles. The number of nitrogens with two attached hydrogens (primary N) is 1. The lowest BCUT2D eigenvalue weighted by atomic mass is 9.81. The van der Waals surface area contributed by atoms with Gasteiger partial charge in [0.05, 0.1) is 6.10 Å². The van der Waals surface area contributed by atoms with Crippen molar-refractivity contribution in [2.45, 2.75) is 32.8 Å². The van der Waals surface area contributed by atoms with E-state index in [4.69, 9.17) is 5.73 Å². The van der Waals surface area contributed by atoms with Gasteiger partial charge in [-0.15, -0.1) is 0 Å². The third-order valence-electron chi connectivity index (χ3n) is 3.53. The zero-order valence-corrected chi connectivity index (χ0v) is 10.7. The van der Waals surface area contributed by atoms with Crippen molar-refractivity contribution in [3.63, 3.8) is 0 Å². The van der Waals surface area contributed by atoms with Gasteiger partial charge in [-0.25, -0.2) is 4.39 Å². The molecule has 2 nitrogen and oxygen atoms in total. The highest BCUT2D eigenvalue weighted by molar-refractivity contribution is 5.22. The second kappa shape index (κ2) is 6.12. The Morgan fingerprint density at radius 3 is 2.41 bits per heavy atom. The Bertz CT molecular complexity index is 354. The number of halogens is 1. The predicted molar refractivity (Wildman–Crippen MR) is 68.2 cm³/mol. The molecule has 0 aliphatic heterocycles. The van der Waals surface area contributed by atoms with Crippen LogP contribution in [0.1, 0.15) is 32.3 Å². The number of benzene rings is 1.